The first kappa shape index (κ1) is 22.9. The Balaban J connectivity index is 1.73. The van der Waals surface area contributed by atoms with E-state index in [0.29, 0.717) is 11.6 Å². The first-order chi connectivity index (χ1) is 15.1. The van der Waals surface area contributed by atoms with Crippen molar-refractivity contribution < 1.29 is 31.5 Å². The number of amides is 2. The molecule has 0 saturated carbocycles. The Morgan fingerprint density at radius 2 is 1.53 bits per heavy atom. The van der Waals surface area contributed by atoms with Crippen LogP contribution in [0.5, 0.6) is 0 Å². The number of carbonyl (C=O) groups excluding carboxylic acids is 2. The van der Waals surface area contributed by atoms with Crippen LogP contribution in [0, 0.1) is 11.6 Å². The number of carbonyl (C=O) groups is 2. The molecule has 2 amide bonds. The molecule has 32 heavy (non-hydrogen) atoms. The van der Waals surface area contributed by atoms with E-state index in [1.54, 1.807) is 0 Å². The minimum Gasteiger partial charge on any atom is -0.325 e. The van der Waals surface area contributed by atoms with Gasteiger partial charge in [0.1, 0.15) is 11.6 Å². The third-order valence-corrected chi connectivity index (χ3v) is 4.53. The third kappa shape index (κ3) is 5.90. The lowest BCUT2D eigenvalue weighted by molar-refractivity contribution is -0.136. The minimum atomic E-state index is -4.82. The van der Waals surface area contributed by atoms with Gasteiger partial charge < -0.3 is 10.6 Å². The highest BCUT2D eigenvalue weighted by Crippen LogP contribution is 2.37. The van der Waals surface area contributed by atoms with Crippen LogP contribution in [0.2, 0.25) is 0 Å². The summed E-state index contributed by atoms with van der Waals surface area (Å²) in [5.74, 6) is -2.82. The molecule has 0 unspecified atom stereocenters. The maximum Gasteiger partial charge on any atom is 0.418 e. The Morgan fingerprint density at radius 1 is 0.844 bits per heavy atom. The van der Waals surface area contributed by atoms with Gasteiger partial charge in [-0.3, -0.25) is 9.59 Å². The predicted molar refractivity (Wildman–Crippen MR) is 109 cm³/mol. The zero-order chi connectivity index (χ0) is 23.3. The standard InChI is InChI=1S/C23H17F5N2O2/c24-15-8-5-14(6-9-15)7-12-21(31)30-20-11-10-16(13-18(20)23(26,27)28)29-22(32)17-3-1-2-4-19(17)25/h1-6,8-11,13H,7,12H2,(H,29,32)(H,30,31). The van der Waals surface area contributed by atoms with Crippen LogP contribution in [-0.2, 0) is 17.4 Å². The molecule has 3 aromatic carbocycles. The number of alkyl halides is 3. The van der Waals surface area contributed by atoms with E-state index in [2.05, 4.69) is 10.6 Å². The molecule has 0 aromatic heterocycles. The second-order valence-electron chi connectivity index (χ2n) is 6.87. The van der Waals surface area contributed by atoms with Crippen molar-refractivity contribution in [1.29, 1.82) is 0 Å². The van der Waals surface area contributed by atoms with E-state index in [0.717, 1.165) is 12.1 Å². The van der Waals surface area contributed by atoms with Crippen molar-refractivity contribution in [3.63, 3.8) is 0 Å². The second-order valence-corrected chi connectivity index (χ2v) is 6.87. The summed E-state index contributed by atoms with van der Waals surface area (Å²) in [5, 5.41) is 4.44. The fourth-order valence-corrected chi connectivity index (χ4v) is 2.93. The van der Waals surface area contributed by atoms with E-state index < -0.39 is 40.9 Å². The van der Waals surface area contributed by atoms with Gasteiger partial charge in [0.05, 0.1) is 16.8 Å². The van der Waals surface area contributed by atoms with Gasteiger partial charge in [0, 0.05) is 12.1 Å². The van der Waals surface area contributed by atoms with Gasteiger partial charge in [-0.1, -0.05) is 24.3 Å². The molecule has 0 heterocycles. The Hall–Kier alpha value is -3.75. The highest BCUT2D eigenvalue weighted by Gasteiger charge is 2.34. The van der Waals surface area contributed by atoms with Crippen molar-refractivity contribution in [3.05, 3.63) is 95.1 Å². The molecule has 0 aliphatic rings. The summed E-state index contributed by atoms with van der Waals surface area (Å²) in [6.07, 6.45) is -4.72. The normalized spacial score (nSPS) is 11.2. The molecule has 0 bridgehead atoms. The molecule has 4 nitrogen and oxygen atoms in total. The number of halogens is 5. The maximum absolute atomic E-state index is 13.7. The van der Waals surface area contributed by atoms with E-state index in [1.807, 2.05) is 0 Å². The average molecular weight is 448 g/mol. The molecule has 166 valence electrons. The fourth-order valence-electron chi connectivity index (χ4n) is 2.93. The van der Waals surface area contributed by atoms with E-state index in [-0.39, 0.29) is 24.1 Å². The third-order valence-electron chi connectivity index (χ3n) is 4.53. The summed E-state index contributed by atoms with van der Waals surface area (Å²) in [6, 6.07) is 13.3. The van der Waals surface area contributed by atoms with Crippen LogP contribution >= 0.6 is 0 Å². The highest BCUT2D eigenvalue weighted by molar-refractivity contribution is 6.04. The van der Waals surface area contributed by atoms with Gasteiger partial charge in [0.25, 0.3) is 5.91 Å². The Kier molecular flexibility index (Phi) is 6.87. The molecule has 3 aromatic rings. The number of rotatable bonds is 6. The van der Waals surface area contributed by atoms with Crippen molar-refractivity contribution in [2.75, 3.05) is 10.6 Å². The minimum absolute atomic E-state index is 0.116. The first-order valence-electron chi connectivity index (χ1n) is 9.45. The molecule has 0 aliphatic carbocycles. The van der Waals surface area contributed by atoms with Crippen LogP contribution < -0.4 is 10.6 Å². The molecule has 0 saturated heterocycles. The van der Waals surface area contributed by atoms with Crippen LogP contribution in [0.25, 0.3) is 0 Å². The van der Waals surface area contributed by atoms with Crippen LogP contribution in [0.4, 0.5) is 33.3 Å². The van der Waals surface area contributed by atoms with Gasteiger partial charge >= 0.3 is 6.18 Å². The van der Waals surface area contributed by atoms with Gasteiger partial charge in [0.15, 0.2) is 0 Å². The number of benzene rings is 3. The molecule has 0 fully saturated rings. The number of nitrogens with one attached hydrogen (secondary N) is 2. The summed E-state index contributed by atoms with van der Waals surface area (Å²) < 4.78 is 67.3. The lowest BCUT2D eigenvalue weighted by Crippen LogP contribution is -2.18. The summed E-state index contributed by atoms with van der Waals surface area (Å²) >= 11 is 0. The molecule has 2 N–H and O–H groups in total. The number of hydrogen-bond acceptors (Lipinski definition) is 2. The monoisotopic (exact) mass is 448 g/mol. The smallest absolute Gasteiger partial charge is 0.325 e. The number of aryl methyl sites for hydroxylation is 1. The molecule has 0 atom stereocenters. The molecular formula is C23H17F5N2O2. The number of hydrogen-bond donors (Lipinski definition) is 2. The average Bonchev–Trinajstić information content (AvgIpc) is 2.74. The van der Waals surface area contributed by atoms with Crippen molar-refractivity contribution >= 4 is 23.2 Å². The second kappa shape index (κ2) is 9.59. The van der Waals surface area contributed by atoms with E-state index in [4.69, 9.17) is 0 Å². The SMILES string of the molecule is O=C(CCc1ccc(F)cc1)Nc1ccc(NC(=O)c2ccccc2F)cc1C(F)(F)F. The molecule has 0 radical (unpaired) electrons. The molecule has 9 heteroatoms. The lowest BCUT2D eigenvalue weighted by atomic mass is 10.1. The largest absolute Gasteiger partial charge is 0.418 e. The molecular weight excluding hydrogens is 431 g/mol. The lowest BCUT2D eigenvalue weighted by Gasteiger charge is -2.16. The van der Waals surface area contributed by atoms with Crippen LogP contribution in [0.1, 0.15) is 27.9 Å². The zero-order valence-corrected chi connectivity index (χ0v) is 16.5. The predicted octanol–water partition coefficient (Wildman–Crippen LogP) is 5.81. The van der Waals surface area contributed by atoms with E-state index in [1.165, 1.54) is 48.5 Å². The van der Waals surface area contributed by atoms with Gasteiger partial charge in [-0.25, -0.2) is 8.78 Å². The quantitative estimate of drug-likeness (QED) is 0.468. The van der Waals surface area contributed by atoms with Crippen molar-refractivity contribution in [3.8, 4) is 0 Å². The molecule has 0 aliphatic heterocycles. The van der Waals surface area contributed by atoms with Crippen molar-refractivity contribution in [1.82, 2.24) is 0 Å². The van der Waals surface area contributed by atoms with E-state index in [9.17, 15) is 31.5 Å². The van der Waals surface area contributed by atoms with Gasteiger partial charge in [-0.2, -0.15) is 13.2 Å². The van der Waals surface area contributed by atoms with Crippen molar-refractivity contribution in [2.24, 2.45) is 0 Å². The van der Waals surface area contributed by atoms with E-state index >= 15 is 0 Å². The van der Waals surface area contributed by atoms with Crippen LogP contribution in [0.3, 0.4) is 0 Å². The van der Waals surface area contributed by atoms with Crippen LogP contribution in [0.15, 0.2) is 66.7 Å². The van der Waals surface area contributed by atoms with Gasteiger partial charge in [-0.05, 0) is 54.4 Å². The summed E-state index contributed by atoms with van der Waals surface area (Å²) in [4.78, 5) is 24.3. The van der Waals surface area contributed by atoms with Crippen molar-refractivity contribution in [2.45, 2.75) is 19.0 Å². The summed E-state index contributed by atoms with van der Waals surface area (Å²) in [6.45, 7) is 0. The number of anilines is 2. The van der Waals surface area contributed by atoms with Crippen LogP contribution in [-0.4, -0.2) is 11.8 Å². The van der Waals surface area contributed by atoms with Gasteiger partial charge in [-0.15, -0.1) is 0 Å². The maximum atomic E-state index is 13.7. The molecule has 3 rings (SSSR count). The van der Waals surface area contributed by atoms with Gasteiger partial charge in [0.2, 0.25) is 5.91 Å². The highest BCUT2D eigenvalue weighted by atomic mass is 19.4. The summed E-state index contributed by atoms with van der Waals surface area (Å²) in [5.41, 5.74) is -1.53. The Bertz CT molecular complexity index is 1130. The summed E-state index contributed by atoms with van der Waals surface area (Å²) in [7, 11) is 0. The first-order valence-corrected chi connectivity index (χ1v) is 9.45. The Morgan fingerprint density at radius 3 is 2.19 bits per heavy atom. The fraction of sp³-hybridized carbons (Fsp3) is 0.130. The Labute approximate surface area is 180 Å². The molecule has 0 spiro atoms. The zero-order valence-electron chi connectivity index (χ0n) is 16.5. The topological polar surface area (TPSA) is 58.2 Å².